The van der Waals surface area contributed by atoms with Crippen LogP contribution in [0.2, 0.25) is 0 Å². The summed E-state index contributed by atoms with van der Waals surface area (Å²) in [5.41, 5.74) is 0.790. The molecule has 43 heavy (non-hydrogen) atoms. The molecule has 2 aromatic carbocycles. The highest BCUT2D eigenvalue weighted by Gasteiger charge is 2.21. The molecule has 0 aliphatic rings. The summed E-state index contributed by atoms with van der Waals surface area (Å²) < 4.78 is 46.2. The number of hydrogen-bond donors (Lipinski definition) is 2. The molecule has 10 nitrogen and oxygen atoms in total. The molecule has 0 aliphatic carbocycles. The first-order valence-corrected chi connectivity index (χ1v) is 13.0. The maximum absolute atomic E-state index is 15.2. The number of hydrogen-bond acceptors (Lipinski definition) is 8. The number of rotatable bonds is 8. The standard InChI is InChI=1S/C31H26F2N4O6/c1-16-21(17(2)38)14-22(31(40)37(16)20-8-5-18(32)6-9-20)29(39)35-19-7-10-25(23(33)13-19)43-26-11-12-34-24-15-27(41-3)30(42-4)36-28(24)26/h5-15,17,38H,1-4H3,(H,35,39). The molecule has 3 aromatic heterocycles. The Balaban J connectivity index is 1.45. The predicted octanol–water partition coefficient (Wildman–Crippen LogP) is 5.48. The van der Waals surface area contributed by atoms with Gasteiger partial charge in [0.25, 0.3) is 17.3 Å². The molecule has 5 aromatic rings. The van der Waals surface area contributed by atoms with Gasteiger partial charge in [-0.3, -0.25) is 19.1 Å². The van der Waals surface area contributed by atoms with E-state index in [4.69, 9.17) is 14.2 Å². The predicted molar refractivity (Wildman–Crippen MR) is 154 cm³/mol. The van der Waals surface area contributed by atoms with Crippen molar-refractivity contribution in [2.24, 2.45) is 0 Å². The lowest BCUT2D eigenvalue weighted by molar-refractivity contribution is 0.102. The van der Waals surface area contributed by atoms with Crippen molar-refractivity contribution < 1.29 is 32.9 Å². The summed E-state index contributed by atoms with van der Waals surface area (Å²) in [6.07, 6.45) is 0.451. The number of fused-ring (bicyclic) bond motifs is 1. The highest BCUT2D eigenvalue weighted by Crippen LogP contribution is 2.35. The zero-order valence-corrected chi connectivity index (χ0v) is 23.5. The molecular formula is C31H26F2N4O6. The Morgan fingerprint density at radius 1 is 0.977 bits per heavy atom. The number of amides is 1. The van der Waals surface area contributed by atoms with Gasteiger partial charge in [0.05, 0.1) is 25.8 Å². The second-order valence-corrected chi connectivity index (χ2v) is 9.47. The molecule has 2 N–H and O–H groups in total. The molecule has 0 fully saturated rings. The Morgan fingerprint density at radius 2 is 1.72 bits per heavy atom. The van der Waals surface area contributed by atoms with Crippen LogP contribution >= 0.6 is 0 Å². The van der Waals surface area contributed by atoms with E-state index in [1.54, 1.807) is 13.0 Å². The minimum atomic E-state index is -1.02. The van der Waals surface area contributed by atoms with Gasteiger partial charge in [-0.25, -0.2) is 13.8 Å². The molecule has 12 heteroatoms. The van der Waals surface area contributed by atoms with Gasteiger partial charge in [0.15, 0.2) is 23.1 Å². The molecule has 1 amide bonds. The third-order valence-electron chi connectivity index (χ3n) is 6.70. The molecule has 1 atom stereocenters. The number of benzene rings is 2. The van der Waals surface area contributed by atoms with Crippen LogP contribution < -0.4 is 25.1 Å². The van der Waals surface area contributed by atoms with Crippen LogP contribution in [0.4, 0.5) is 14.5 Å². The van der Waals surface area contributed by atoms with Gasteiger partial charge in [-0.05, 0) is 56.3 Å². The molecule has 5 rings (SSSR count). The molecule has 220 valence electrons. The largest absolute Gasteiger partial charge is 0.491 e. The average molecular weight is 589 g/mol. The number of nitrogens with zero attached hydrogens (tertiary/aromatic N) is 3. The SMILES string of the molecule is COc1cc2nccc(Oc3ccc(NC(=O)c4cc(C(C)O)c(C)n(-c5ccc(F)cc5)c4=O)cc3F)c2nc1OC. The van der Waals surface area contributed by atoms with Crippen molar-refractivity contribution in [2.45, 2.75) is 20.0 Å². The smallest absolute Gasteiger partial charge is 0.268 e. The number of methoxy groups -OCH3 is 2. The summed E-state index contributed by atoms with van der Waals surface area (Å²) in [5, 5.41) is 12.8. The third-order valence-corrected chi connectivity index (χ3v) is 6.70. The minimum absolute atomic E-state index is 0.0471. The first-order valence-electron chi connectivity index (χ1n) is 13.0. The van der Waals surface area contributed by atoms with Crippen LogP contribution in [-0.4, -0.2) is 39.8 Å². The lowest BCUT2D eigenvalue weighted by Gasteiger charge is -2.18. The number of nitrogens with one attached hydrogen (secondary N) is 1. The summed E-state index contributed by atoms with van der Waals surface area (Å²) in [7, 11) is 2.90. The average Bonchev–Trinajstić information content (AvgIpc) is 2.98. The number of pyridine rings is 3. The summed E-state index contributed by atoms with van der Waals surface area (Å²) in [5.74, 6) is -1.53. The van der Waals surface area contributed by atoms with Crippen LogP contribution in [-0.2, 0) is 0 Å². The number of carbonyl (C=O) groups is 1. The van der Waals surface area contributed by atoms with E-state index in [-0.39, 0.29) is 28.6 Å². The van der Waals surface area contributed by atoms with Crippen LogP contribution in [0.3, 0.4) is 0 Å². The van der Waals surface area contributed by atoms with E-state index in [2.05, 4.69) is 15.3 Å². The number of anilines is 1. The first-order chi connectivity index (χ1) is 20.6. The van der Waals surface area contributed by atoms with Gasteiger partial charge in [-0.1, -0.05) is 0 Å². The van der Waals surface area contributed by atoms with E-state index >= 15 is 4.39 Å². The maximum atomic E-state index is 15.2. The molecule has 0 bridgehead atoms. The quantitative estimate of drug-likeness (QED) is 0.244. The fraction of sp³-hybridized carbons (Fsp3) is 0.161. The Hall–Kier alpha value is -5.36. The van der Waals surface area contributed by atoms with Crippen LogP contribution in [0.5, 0.6) is 23.1 Å². The number of halogens is 2. The van der Waals surface area contributed by atoms with Gasteiger partial charge in [0.1, 0.15) is 16.9 Å². The Bertz CT molecular complexity index is 1910. The van der Waals surface area contributed by atoms with E-state index in [1.807, 2.05) is 0 Å². The van der Waals surface area contributed by atoms with Crippen LogP contribution in [0.25, 0.3) is 16.7 Å². The van der Waals surface area contributed by atoms with Gasteiger partial charge in [0, 0.05) is 47.0 Å². The molecule has 0 saturated carbocycles. The maximum Gasteiger partial charge on any atom is 0.268 e. The van der Waals surface area contributed by atoms with E-state index < -0.39 is 29.2 Å². The number of aliphatic hydroxyl groups excluding tert-OH is 1. The highest BCUT2D eigenvalue weighted by molar-refractivity contribution is 6.04. The monoisotopic (exact) mass is 588 g/mol. The lowest BCUT2D eigenvalue weighted by atomic mass is 10.0. The van der Waals surface area contributed by atoms with Crippen molar-refractivity contribution in [3.05, 3.63) is 106 Å². The summed E-state index contributed by atoms with van der Waals surface area (Å²) in [6, 6.07) is 13.3. The van der Waals surface area contributed by atoms with Gasteiger partial charge in [-0.15, -0.1) is 0 Å². The second-order valence-electron chi connectivity index (χ2n) is 9.47. The normalized spacial score (nSPS) is 11.7. The minimum Gasteiger partial charge on any atom is -0.491 e. The van der Waals surface area contributed by atoms with Gasteiger partial charge in [0.2, 0.25) is 0 Å². The number of carbonyl (C=O) groups excluding carboxylic acids is 1. The van der Waals surface area contributed by atoms with Crippen molar-refractivity contribution >= 4 is 22.6 Å². The Morgan fingerprint density at radius 3 is 2.37 bits per heavy atom. The highest BCUT2D eigenvalue weighted by atomic mass is 19.1. The van der Waals surface area contributed by atoms with Gasteiger partial charge >= 0.3 is 0 Å². The van der Waals surface area contributed by atoms with Crippen molar-refractivity contribution in [1.29, 1.82) is 0 Å². The molecule has 0 saturated heterocycles. The Kier molecular flexibility index (Phi) is 8.04. The topological polar surface area (TPSA) is 125 Å². The molecular weight excluding hydrogens is 562 g/mol. The third kappa shape index (κ3) is 5.72. The number of ether oxygens (including phenoxy) is 3. The van der Waals surface area contributed by atoms with E-state index in [1.165, 1.54) is 80.4 Å². The van der Waals surface area contributed by atoms with Crippen LogP contribution in [0, 0.1) is 18.6 Å². The summed E-state index contributed by atoms with van der Waals surface area (Å²) in [6.45, 7) is 3.10. The molecule has 0 radical (unpaired) electrons. The van der Waals surface area contributed by atoms with Crippen LogP contribution in [0.15, 0.2) is 71.7 Å². The molecule has 3 heterocycles. The van der Waals surface area contributed by atoms with Crippen molar-refractivity contribution in [2.75, 3.05) is 19.5 Å². The van der Waals surface area contributed by atoms with Gasteiger partial charge in [-0.2, -0.15) is 0 Å². The fourth-order valence-corrected chi connectivity index (χ4v) is 4.58. The molecule has 0 aliphatic heterocycles. The zero-order chi connectivity index (χ0) is 30.8. The fourth-order valence-electron chi connectivity index (χ4n) is 4.58. The van der Waals surface area contributed by atoms with Crippen molar-refractivity contribution in [3.63, 3.8) is 0 Å². The van der Waals surface area contributed by atoms with Crippen LogP contribution in [0.1, 0.15) is 34.6 Å². The first kappa shape index (κ1) is 29.1. The number of aromatic nitrogens is 3. The summed E-state index contributed by atoms with van der Waals surface area (Å²) in [4.78, 5) is 35.3. The van der Waals surface area contributed by atoms with E-state index in [9.17, 15) is 19.1 Å². The molecule has 1 unspecified atom stereocenters. The van der Waals surface area contributed by atoms with Crippen molar-refractivity contribution in [1.82, 2.24) is 14.5 Å². The summed E-state index contributed by atoms with van der Waals surface area (Å²) >= 11 is 0. The van der Waals surface area contributed by atoms with E-state index in [0.717, 1.165) is 6.07 Å². The van der Waals surface area contributed by atoms with Crippen molar-refractivity contribution in [3.8, 4) is 28.8 Å². The molecule has 0 spiro atoms. The second kappa shape index (κ2) is 11.9. The zero-order valence-electron chi connectivity index (χ0n) is 23.5. The van der Waals surface area contributed by atoms with Gasteiger partial charge < -0.3 is 24.6 Å². The Labute approximate surface area is 244 Å². The number of aliphatic hydroxyl groups is 1. The van der Waals surface area contributed by atoms with E-state index in [0.29, 0.717) is 33.7 Å². The lowest BCUT2D eigenvalue weighted by Crippen LogP contribution is -2.31.